The molecule has 6 aliphatic carbocycles. The zero-order valence-corrected chi connectivity index (χ0v) is 29.5. The van der Waals surface area contributed by atoms with Gasteiger partial charge in [0, 0.05) is 0 Å². The summed E-state index contributed by atoms with van der Waals surface area (Å²) in [5, 5.41) is 0. The molecule has 0 nitrogen and oxygen atoms in total. The van der Waals surface area contributed by atoms with E-state index in [4.69, 9.17) is 0 Å². The molecule has 0 spiro atoms. The van der Waals surface area contributed by atoms with E-state index >= 15 is 0 Å². The monoisotopic (exact) mass is 650 g/mol. The minimum Gasteiger partial charge on any atom is -1.00 e. The first-order valence-corrected chi connectivity index (χ1v) is 14.8. The minimum absolute atomic E-state index is 0. The van der Waals surface area contributed by atoms with Crippen LogP contribution < -0.4 is 24.8 Å². The largest absolute Gasteiger partial charge is 4.00 e. The maximum absolute atomic E-state index is 3.67. The first kappa shape index (κ1) is 33.9. The Bertz CT molecular complexity index is 1160. The van der Waals surface area contributed by atoms with Gasteiger partial charge >= 0.3 is 26.2 Å². The molecule has 6 aliphatic rings. The number of hydrogen-bond donors (Lipinski definition) is 0. The predicted octanol–water partition coefficient (Wildman–Crippen LogP) is 3.80. The van der Waals surface area contributed by atoms with E-state index in [2.05, 4.69) is 109 Å². The van der Waals surface area contributed by atoms with Gasteiger partial charge in [0.15, 0.2) is 0 Å². The van der Waals surface area contributed by atoms with Crippen molar-refractivity contribution < 1.29 is 51.0 Å². The maximum Gasteiger partial charge on any atom is 4.00 e. The smallest absolute Gasteiger partial charge is 1.00 e. The van der Waals surface area contributed by atoms with E-state index in [0.717, 1.165) is 24.2 Å². The molecule has 0 aromatic heterocycles. The molecule has 4 fully saturated rings. The van der Waals surface area contributed by atoms with Crippen molar-refractivity contribution in [3.63, 3.8) is 0 Å². The summed E-state index contributed by atoms with van der Waals surface area (Å²) in [5.41, 5.74) is 9.65. The quantitative estimate of drug-likeness (QED) is 0.351. The van der Waals surface area contributed by atoms with Gasteiger partial charge in [0.2, 0.25) is 0 Å². The second-order valence-corrected chi connectivity index (χ2v) is 15.4. The van der Waals surface area contributed by atoms with Crippen molar-refractivity contribution in [3.8, 4) is 11.1 Å². The molecule has 1 unspecified atom stereocenters. The van der Waals surface area contributed by atoms with Gasteiger partial charge in [-0.3, -0.25) is 6.08 Å². The summed E-state index contributed by atoms with van der Waals surface area (Å²) < 4.78 is 0. The molecule has 8 rings (SSSR count). The fourth-order valence-electron chi connectivity index (χ4n) is 8.62. The van der Waals surface area contributed by atoms with Gasteiger partial charge in [-0.2, -0.15) is 29.8 Å². The van der Waals surface area contributed by atoms with Crippen molar-refractivity contribution in [1.82, 2.24) is 0 Å². The van der Waals surface area contributed by atoms with E-state index in [1.807, 2.05) is 0 Å². The van der Waals surface area contributed by atoms with E-state index in [9.17, 15) is 0 Å². The van der Waals surface area contributed by atoms with Crippen molar-refractivity contribution in [1.29, 1.82) is 0 Å². The van der Waals surface area contributed by atoms with Crippen LogP contribution in [-0.2, 0) is 43.5 Å². The number of halogens is 2. The van der Waals surface area contributed by atoms with Gasteiger partial charge < -0.3 is 24.8 Å². The Hall–Kier alpha value is -0.617. The third kappa shape index (κ3) is 6.06. The van der Waals surface area contributed by atoms with Crippen molar-refractivity contribution >= 4 is 0 Å². The van der Waals surface area contributed by atoms with Gasteiger partial charge in [0.1, 0.15) is 0 Å². The van der Waals surface area contributed by atoms with Crippen LogP contribution in [0.25, 0.3) is 11.1 Å². The molecule has 3 heteroatoms. The summed E-state index contributed by atoms with van der Waals surface area (Å²) in [6.07, 6.45) is 20.4. The van der Waals surface area contributed by atoms with Gasteiger partial charge in [0.05, 0.1) is 0 Å². The molecule has 212 valence electrons. The molecular formula is C37H46Cl2Zr. The zero-order valence-electron chi connectivity index (χ0n) is 25.6. The molecule has 2 aromatic carbocycles. The standard InChI is InChI=1S/C21H25.C16H21.2ClH.Zr/c1-20(2,3)16-7-9-18-14(12-16)11-15-13-17(21(4,5)6)8-10-19(15)18;1-15(4-2-3-5-15)16-9-12-6-13(10-16)8-14(7-12)11-16;;;/h7-10,12H,11H2,1-6H3;2,4-5,12-14H,6-11H2,1H3;2*1H;/q2*-1;;;+4/p-2. The third-order valence-electron chi connectivity index (χ3n) is 10.6. The van der Waals surface area contributed by atoms with Crippen LogP contribution in [0.15, 0.2) is 48.6 Å². The number of rotatable bonds is 1. The summed E-state index contributed by atoms with van der Waals surface area (Å²) >= 11 is 0. The normalized spacial score (nSPS) is 30.3. The first-order chi connectivity index (χ1) is 17.4. The molecule has 0 heterocycles. The van der Waals surface area contributed by atoms with E-state index in [1.165, 1.54) is 52.6 Å². The van der Waals surface area contributed by atoms with Crippen LogP contribution in [0.3, 0.4) is 0 Å². The molecule has 40 heavy (non-hydrogen) atoms. The maximum atomic E-state index is 3.67. The molecule has 0 aliphatic heterocycles. The predicted molar refractivity (Wildman–Crippen MR) is 157 cm³/mol. The van der Waals surface area contributed by atoms with Gasteiger partial charge in [-0.15, -0.1) is 11.1 Å². The molecule has 0 N–H and O–H groups in total. The van der Waals surface area contributed by atoms with Crippen molar-refractivity contribution in [2.24, 2.45) is 28.6 Å². The minimum atomic E-state index is 0. The number of hydrogen-bond acceptors (Lipinski definition) is 0. The molecule has 1 atom stereocenters. The fourth-order valence-corrected chi connectivity index (χ4v) is 8.62. The van der Waals surface area contributed by atoms with Crippen LogP contribution in [0.4, 0.5) is 0 Å². The molecule has 0 amide bonds. The van der Waals surface area contributed by atoms with Crippen LogP contribution in [0.2, 0.25) is 0 Å². The topological polar surface area (TPSA) is 0 Å². The first-order valence-electron chi connectivity index (χ1n) is 14.8. The van der Waals surface area contributed by atoms with Gasteiger partial charge in [-0.1, -0.05) is 77.6 Å². The van der Waals surface area contributed by atoms with Gasteiger partial charge in [-0.25, -0.2) is 12.2 Å². The van der Waals surface area contributed by atoms with Gasteiger partial charge in [0.25, 0.3) is 0 Å². The Kier molecular flexibility index (Phi) is 10.0. The van der Waals surface area contributed by atoms with E-state index < -0.39 is 0 Å². The Morgan fingerprint density at radius 2 is 1.35 bits per heavy atom. The Morgan fingerprint density at radius 3 is 1.85 bits per heavy atom. The van der Waals surface area contributed by atoms with Crippen LogP contribution in [0, 0.1) is 40.7 Å². The molecule has 2 aromatic rings. The third-order valence-corrected chi connectivity index (χ3v) is 10.6. The van der Waals surface area contributed by atoms with Crippen LogP contribution in [0.1, 0.15) is 109 Å². The average Bonchev–Trinajstić information content (AvgIpc) is 3.41. The number of benzene rings is 2. The summed E-state index contributed by atoms with van der Waals surface area (Å²) in [6, 6.07) is 15.2. The molecular weight excluding hydrogens is 607 g/mol. The Morgan fingerprint density at radius 1 is 0.775 bits per heavy atom. The summed E-state index contributed by atoms with van der Waals surface area (Å²) in [7, 11) is 0. The second-order valence-electron chi connectivity index (χ2n) is 15.4. The van der Waals surface area contributed by atoms with Crippen molar-refractivity contribution in [3.05, 3.63) is 83.0 Å². The molecule has 4 bridgehead atoms. The van der Waals surface area contributed by atoms with Crippen LogP contribution in [-0.4, -0.2) is 0 Å². The number of fused-ring (bicyclic) bond motifs is 3. The Balaban J connectivity index is 0.000000210. The summed E-state index contributed by atoms with van der Waals surface area (Å²) in [6.45, 7) is 16.1. The molecule has 0 radical (unpaired) electrons. The molecule has 0 saturated heterocycles. The SMILES string of the molecule is CC(C)(C)c1[c-]c2c(cc1)-c1ccc(C(C)(C)C)cc1C2.CC1(C23CC4CC(CC(C4)C2)C3)C=[C-]C=C1.[Cl-].[Cl-].[Zr+4]. The van der Waals surface area contributed by atoms with Crippen molar-refractivity contribution in [2.75, 3.05) is 0 Å². The zero-order chi connectivity index (χ0) is 26.2. The van der Waals surface area contributed by atoms with E-state index in [1.54, 1.807) is 19.3 Å². The van der Waals surface area contributed by atoms with Gasteiger partial charge in [-0.05, 0) is 90.1 Å². The van der Waals surface area contributed by atoms with E-state index in [0.29, 0.717) is 10.8 Å². The van der Waals surface area contributed by atoms with Crippen LogP contribution >= 0.6 is 0 Å². The fraction of sp³-hybridized carbons (Fsp3) is 0.568. The summed E-state index contributed by atoms with van der Waals surface area (Å²) in [5.74, 6) is 3.18. The number of allylic oxidation sites excluding steroid dienone is 4. The second kappa shape index (κ2) is 11.8. The average molecular weight is 653 g/mol. The molecule has 4 saturated carbocycles. The van der Waals surface area contributed by atoms with E-state index in [-0.39, 0.29) is 61.8 Å². The summed E-state index contributed by atoms with van der Waals surface area (Å²) in [4.78, 5) is 0. The van der Waals surface area contributed by atoms with Crippen molar-refractivity contribution in [2.45, 2.75) is 104 Å². The Labute approximate surface area is 276 Å². The van der Waals surface area contributed by atoms with Crippen LogP contribution in [0.5, 0.6) is 0 Å².